The van der Waals surface area contributed by atoms with Crippen molar-refractivity contribution in [1.29, 1.82) is 0 Å². The van der Waals surface area contributed by atoms with Crippen molar-refractivity contribution in [1.82, 2.24) is 10.2 Å². The Morgan fingerprint density at radius 3 is 2.54 bits per heavy atom. The van der Waals surface area contributed by atoms with Crippen LogP contribution in [-0.4, -0.2) is 35.2 Å². The number of nitrogens with zero attached hydrogens (tertiary/aromatic N) is 1. The standard InChI is InChI=1S/C23H29N3OS/c1-27-22-12-5-9-18(15-22)24-23(28)25-19-13-20-10-6-11-21(14-19)26(20)16-17-7-3-2-4-8-17/h2-5,7-9,12,15,19-21H,6,10-11,13-14,16H2,1H3,(H2,24,25,28)/t20-,21-/m0/s1. The minimum atomic E-state index is 0.438. The number of fused-ring (bicyclic) bond motifs is 2. The lowest BCUT2D eigenvalue weighted by Gasteiger charge is -2.49. The van der Waals surface area contributed by atoms with Gasteiger partial charge in [-0.2, -0.15) is 0 Å². The molecule has 2 atom stereocenters. The van der Waals surface area contributed by atoms with Gasteiger partial charge in [0.2, 0.25) is 0 Å². The molecule has 0 saturated carbocycles. The molecule has 0 radical (unpaired) electrons. The zero-order valence-corrected chi connectivity index (χ0v) is 17.3. The van der Waals surface area contributed by atoms with E-state index in [0.717, 1.165) is 30.8 Å². The van der Waals surface area contributed by atoms with Crippen molar-refractivity contribution in [2.75, 3.05) is 12.4 Å². The first-order chi connectivity index (χ1) is 13.7. The van der Waals surface area contributed by atoms with E-state index in [1.807, 2.05) is 24.3 Å². The predicted molar refractivity (Wildman–Crippen MR) is 119 cm³/mol. The van der Waals surface area contributed by atoms with E-state index in [1.165, 1.54) is 24.8 Å². The van der Waals surface area contributed by atoms with Gasteiger partial charge in [-0.3, -0.25) is 4.90 Å². The van der Waals surface area contributed by atoms with Crippen LogP contribution in [0.25, 0.3) is 0 Å². The summed E-state index contributed by atoms with van der Waals surface area (Å²) < 4.78 is 5.29. The maximum Gasteiger partial charge on any atom is 0.170 e. The van der Waals surface area contributed by atoms with E-state index in [-0.39, 0.29) is 0 Å². The van der Waals surface area contributed by atoms with Crippen molar-refractivity contribution < 1.29 is 4.74 Å². The Balaban J connectivity index is 1.35. The summed E-state index contributed by atoms with van der Waals surface area (Å²) in [5.41, 5.74) is 2.37. The highest BCUT2D eigenvalue weighted by atomic mass is 32.1. The minimum absolute atomic E-state index is 0.438. The van der Waals surface area contributed by atoms with Crippen LogP contribution in [0.3, 0.4) is 0 Å². The van der Waals surface area contributed by atoms with Gasteiger partial charge in [-0.25, -0.2) is 0 Å². The number of piperidine rings is 2. The Morgan fingerprint density at radius 2 is 1.82 bits per heavy atom. The Labute approximate surface area is 173 Å². The maximum absolute atomic E-state index is 5.59. The third kappa shape index (κ3) is 4.65. The number of hydrogen-bond acceptors (Lipinski definition) is 3. The quantitative estimate of drug-likeness (QED) is 0.726. The molecule has 4 nitrogen and oxygen atoms in total. The van der Waals surface area contributed by atoms with E-state index in [4.69, 9.17) is 17.0 Å². The Morgan fingerprint density at radius 1 is 1.07 bits per heavy atom. The number of ether oxygens (including phenoxy) is 1. The topological polar surface area (TPSA) is 36.5 Å². The number of benzene rings is 2. The van der Waals surface area contributed by atoms with Crippen LogP contribution < -0.4 is 15.4 Å². The van der Waals surface area contributed by atoms with Crippen LogP contribution in [0, 0.1) is 0 Å². The fourth-order valence-electron chi connectivity index (χ4n) is 4.70. The molecular formula is C23H29N3OS. The molecule has 2 heterocycles. The number of rotatable bonds is 5. The van der Waals surface area contributed by atoms with Crippen molar-refractivity contribution in [3.8, 4) is 5.75 Å². The Hall–Kier alpha value is -2.11. The summed E-state index contributed by atoms with van der Waals surface area (Å²) in [6.07, 6.45) is 6.24. The van der Waals surface area contributed by atoms with Crippen LogP contribution in [0.1, 0.15) is 37.7 Å². The monoisotopic (exact) mass is 395 g/mol. The van der Waals surface area contributed by atoms with Crippen molar-refractivity contribution in [3.63, 3.8) is 0 Å². The zero-order chi connectivity index (χ0) is 19.3. The molecule has 2 aliphatic rings. The van der Waals surface area contributed by atoms with Crippen LogP contribution in [0.4, 0.5) is 5.69 Å². The van der Waals surface area contributed by atoms with Gasteiger partial charge in [0.05, 0.1) is 7.11 Å². The number of anilines is 1. The number of nitrogens with one attached hydrogen (secondary N) is 2. The highest BCUT2D eigenvalue weighted by Crippen LogP contribution is 2.35. The van der Waals surface area contributed by atoms with Crippen LogP contribution in [0.5, 0.6) is 5.75 Å². The summed E-state index contributed by atoms with van der Waals surface area (Å²) >= 11 is 5.59. The average Bonchev–Trinajstić information content (AvgIpc) is 2.69. The fourth-order valence-corrected chi connectivity index (χ4v) is 4.99. The van der Waals surface area contributed by atoms with Gasteiger partial charge in [-0.05, 0) is 55.6 Å². The van der Waals surface area contributed by atoms with Crippen molar-refractivity contribution in [2.24, 2.45) is 0 Å². The first-order valence-electron chi connectivity index (χ1n) is 10.2. The smallest absolute Gasteiger partial charge is 0.170 e. The number of methoxy groups -OCH3 is 1. The lowest BCUT2D eigenvalue weighted by Crippen LogP contribution is -2.56. The maximum atomic E-state index is 5.59. The van der Waals surface area contributed by atoms with Crippen molar-refractivity contribution >= 4 is 23.0 Å². The summed E-state index contributed by atoms with van der Waals surface area (Å²) in [5, 5.41) is 7.58. The highest BCUT2D eigenvalue weighted by Gasteiger charge is 2.38. The van der Waals surface area contributed by atoms with E-state index in [0.29, 0.717) is 23.2 Å². The van der Waals surface area contributed by atoms with Gasteiger partial charge in [0, 0.05) is 36.4 Å². The molecule has 0 aliphatic carbocycles. The molecule has 4 rings (SSSR count). The van der Waals surface area contributed by atoms with Crippen molar-refractivity contribution in [3.05, 3.63) is 60.2 Å². The van der Waals surface area contributed by atoms with Gasteiger partial charge in [0.25, 0.3) is 0 Å². The largest absolute Gasteiger partial charge is 0.497 e. The molecule has 2 fully saturated rings. The lowest BCUT2D eigenvalue weighted by atomic mass is 9.81. The van der Waals surface area contributed by atoms with E-state index >= 15 is 0 Å². The SMILES string of the molecule is COc1cccc(NC(=S)NC2C[C@@H]3CCC[C@@H](C2)N3Cc2ccccc2)c1. The van der Waals surface area contributed by atoms with Gasteiger partial charge < -0.3 is 15.4 Å². The highest BCUT2D eigenvalue weighted by molar-refractivity contribution is 7.80. The average molecular weight is 396 g/mol. The first-order valence-corrected chi connectivity index (χ1v) is 10.6. The van der Waals surface area contributed by atoms with E-state index < -0.39 is 0 Å². The second-order valence-electron chi connectivity index (χ2n) is 7.90. The van der Waals surface area contributed by atoms with Gasteiger partial charge in [0.1, 0.15) is 5.75 Å². The van der Waals surface area contributed by atoms with E-state index in [1.54, 1.807) is 7.11 Å². The van der Waals surface area contributed by atoms with E-state index in [9.17, 15) is 0 Å². The number of hydrogen-bond donors (Lipinski definition) is 2. The summed E-state index contributed by atoms with van der Waals surface area (Å²) in [6, 6.07) is 20.5. The summed E-state index contributed by atoms with van der Waals surface area (Å²) in [5.74, 6) is 0.830. The zero-order valence-electron chi connectivity index (χ0n) is 16.4. The van der Waals surface area contributed by atoms with Gasteiger partial charge in [0.15, 0.2) is 5.11 Å². The third-order valence-corrected chi connectivity index (χ3v) is 6.22. The second-order valence-corrected chi connectivity index (χ2v) is 8.30. The molecule has 0 amide bonds. The molecule has 2 aromatic rings. The summed E-state index contributed by atoms with van der Waals surface area (Å²) in [6.45, 7) is 1.06. The normalized spacial score (nSPS) is 24.4. The second kappa shape index (κ2) is 8.93. The molecule has 0 aromatic heterocycles. The van der Waals surface area contributed by atoms with Crippen LogP contribution in [-0.2, 0) is 6.54 Å². The van der Waals surface area contributed by atoms with Crippen LogP contribution in [0.15, 0.2) is 54.6 Å². The summed E-state index contributed by atoms with van der Waals surface area (Å²) in [7, 11) is 1.68. The molecular weight excluding hydrogens is 366 g/mol. The van der Waals surface area contributed by atoms with Gasteiger partial charge in [-0.15, -0.1) is 0 Å². The van der Waals surface area contributed by atoms with Gasteiger partial charge >= 0.3 is 0 Å². The molecule has 28 heavy (non-hydrogen) atoms. The Bertz CT molecular complexity index is 783. The molecule has 2 bridgehead atoms. The first kappa shape index (κ1) is 19.2. The predicted octanol–water partition coefficient (Wildman–Crippen LogP) is 4.57. The molecule has 2 N–H and O–H groups in total. The minimum Gasteiger partial charge on any atom is -0.497 e. The van der Waals surface area contributed by atoms with Crippen LogP contribution >= 0.6 is 12.2 Å². The molecule has 148 valence electrons. The molecule has 5 heteroatoms. The molecule has 0 spiro atoms. The lowest BCUT2D eigenvalue weighted by molar-refractivity contribution is 0.0212. The molecule has 2 aromatic carbocycles. The fraction of sp³-hybridized carbons (Fsp3) is 0.435. The van der Waals surface area contributed by atoms with Crippen molar-refractivity contribution in [2.45, 2.75) is 56.8 Å². The van der Waals surface area contributed by atoms with Gasteiger partial charge in [-0.1, -0.05) is 42.8 Å². The van der Waals surface area contributed by atoms with E-state index in [2.05, 4.69) is 45.9 Å². The number of thiocarbonyl (C=S) groups is 1. The molecule has 2 saturated heterocycles. The Kier molecular flexibility index (Phi) is 6.13. The molecule has 2 aliphatic heterocycles. The summed E-state index contributed by atoms with van der Waals surface area (Å²) in [4.78, 5) is 2.73. The third-order valence-electron chi connectivity index (χ3n) is 6.00. The molecule has 0 unspecified atom stereocenters. The van der Waals surface area contributed by atoms with Crippen LogP contribution in [0.2, 0.25) is 0 Å².